The van der Waals surface area contributed by atoms with Crippen LogP contribution in [-0.4, -0.2) is 35.6 Å². The van der Waals surface area contributed by atoms with E-state index in [0.717, 1.165) is 36.7 Å². The van der Waals surface area contributed by atoms with E-state index in [1.165, 1.54) is 0 Å². The fraction of sp³-hybridized carbons (Fsp3) is 0.429. The summed E-state index contributed by atoms with van der Waals surface area (Å²) in [6.07, 6.45) is 1.92. The Morgan fingerprint density at radius 3 is 2.90 bits per heavy atom. The normalized spacial score (nSPS) is 17.9. The third kappa shape index (κ3) is 2.54. The van der Waals surface area contributed by atoms with Crippen molar-refractivity contribution in [3.05, 3.63) is 28.8 Å². The second kappa shape index (κ2) is 5.87. The molecule has 2 aromatic rings. The molecule has 21 heavy (non-hydrogen) atoms. The summed E-state index contributed by atoms with van der Waals surface area (Å²) >= 11 is 5.37. The summed E-state index contributed by atoms with van der Waals surface area (Å²) in [4.78, 5) is 0. The van der Waals surface area contributed by atoms with Gasteiger partial charge >= 0.3 is 0 Å². The molecule has 0 radical (unpaired) electrons. The summed E-state index contributed by atoms with van der Waals surface area (Å²) in [6, 6.07) is 5.57. The van der Waals surface area contributed by atoms with Crippen molar-refractivity contribution in [2.75, 3.05) is 20.8 Å². The van der Waals surface area contributed by atoms with Crippen molar-refractivity contribution in [3.63, 3.8) is 0 Å². The highest BCUT2D eigenvalue weighted by atomic mass is 32.1. The molecule has 0 amide bonds. The van der Waals surface area contributed by atoms with Crippen LogP contribution >= 0.6 is 12.2 Å². The van der Waals surface area contributed by atoms with E-state index in [1.807, 2.05) is 22.8 Å². The van der Waals surface area contributed by atoms with Crippen LogP contribution < -0.4 is 9.47 Å². The third-order valence-electron chi connectivity index (χ3n) is 3.54. The molecule has 112 valence electrons. The highest BCUT2D eigenvalue weighted by molar-refractivity contribution is 7.71. The Balaban J connectivity index is 2.15. The average molecular weight is 307 g/mol. The van der Waals surface area contributed by atoms with Crippen molar-refractivity contribution in [2.24, 2.45) is 0 Å². The topological polar surface area (TPSA) is 61.3 Å². The first-order chi connectivity index (χ1) is 10.2. The highest BCUT2D eigenvalue weighted by Gasteiger charge is 2.25. The van der Waals surface area contributed by atoms with Crippen LogP contribution in [-0.2, 0) is 4.74 Å². The van der Waals surface area contributed by atoms with E-state index in [0.29, 0.717) is 10.5 Å². The molecule has 1 atom stereocenters. The lowest BCUT2D eigenvalue weighted by molar-refractivity contribution is 0.103. The van der Waals surface area contributed by atoms with Gasteiger partial charge in [-0.1, -0.05) is 0 Å². The molecular formula is C14H17N3O3S. The van der Waals surface area contributed by atoms with Crippen LogP contribution in [0.5, 0.6) is 11.5 Å². The molecule has 6 nitrogen and oxygen atoms in total. The standard InChI is InChI=1S/C14H17N3O3S/c1-18-9-5-6-11(19-2)10(8-9)17-13(15-16-14(17)21)12-4-3-7-20-12/h5-6,8,12H,3-4,7H2,1-2H3,(H,16,21)/t12-/m0/s1. The number of nitrogens with zero attached hydrogens (tertiary/aromatic N) is 2. The van der Waals surface area contributed by atoms with Gasteiger partial charge in [0.05, 0.1) is 19.9 Å². The Kier molecular flexibility index (Phi) is 3.94. The van der Waals surface area contributed by atoms with Crippen LogP contribution in [0.1, 0.15) is 24.8 Å². The minimum Gasteiger partial charge on any atom is -0.497 e. The number of ether oxygens (including phenoxy) is 3. The van der Waals surface area contributed by atoms with Crippen LogP contribution in [0.15, 0.2) is 18.2 Å². The highest BCUT2D eigenvalue weighted by Crippen LogP contribution is 2.33. The van der Waals surface area contributed by atoms with Gasteiger partial charge in [-0.05, 0) is 37.2 Å². The van der Waals surface area contributed by atoms with E-state index in [9.17, 15) is 0 Å². The molecule has 3 rings (SSSR count). The van der Waals surface area contributed by atoms with Gasteiger partial charge in [0, 0.05) is 12.7 Å². The number of benzene rings is 1. The third-order valence-corrected chi connectivity index (χ3v) is 3.82. The van der Waals surface area contributed by atoms with Gasteiger partial charge < -0.3 is 14.2 Å². The number of rotatable bonds is 4. The molecule has 1 aromatic carbocycles. The Bertz CT molecular complexity index is 689. The maximum absolute atomic E-state index is 5.72. The summed E-state index contributed by atoms with van der Waals surface area (Å²) in [6.45, 7) is 0.750. The van der Waals surface area contributed by atoms with Gasteiger partial charge in [0.2, 0.25) is 0 Å². The van der Waals surface area contributed by atoms with E-state index < -0.39 is 0 Å². The van der Waals surface area contributed by atoms with Crippen LogP contribution in [0, 0.1) is 4.77 Å². The largest absolute Gasteiger partial charge is 0.497 e. The molecule has 1 fully saturated rings. The minimum atomic E-state index is -0.0474. The van der Waals surface area contributed by atoms with Crippen molar-refractivity contribution in [1.82, 2.24) is 14.8 Å². The smallest absolute Gasteiger partial charge is 0.200 e. The minimum absolute atomic E-state index is 0.0474. The predicted octanol–water partition coefficient (Wildman–Crippen LogP) is 2.80. The Morgan fingerprint density at radius 2 is 2.24 bits per heavy atom. The van der Waals surface area contributed by atoms with Gasteiger partial charge in [-0.15, -0.1) is 0 Å². The number of nitrogens with one attached hydrogen (secondary N) is 1. The molecule has 2 heterocycles. The zero-order valence-corrected chi connectivity index (χ0v) is 12.8. The quantitative estimate of drug-likeness (QED) is 0.880. The summed E-state index contributed by atoms with van der Waals surface area (Å²) in [5.41, 5.74) is 0.793. The van der Waals surface area contributed by atoms with E-state index >= 15 is 0 Å². The maximum atomic E-state index is 5.72. The first-order valence-electron chi connectivity index (χ1n) is 6.76. The SMILES string of the molecule is COc1ccc(OC)c(-n2c([C@@H]3CCCO3)n[nH]c2=S)c1. The molecule has 1 aliphatic rings. The number of aromatic amines is 1. The summed E-state index contributed by atoms with van der Waals surface area (Å²) in [5.74, 6) is 2.20. The van der Waals surface area contributed by atoms with E-state index in [1.54, 1.807) is 14.2 Å². The van der Waals surface area contributed by atoms with Crippen LogP contribution in [0.4, 0.5) is 0 Å². The van der Waals surface area contributed by atoms with Gasteiger partial charge in [0.15, 0.2) is 10.6 Å². The van der Waals surface area contributed by atoms with E-state index in [4.69, 9.17) is 26.4 Å². The molecule has 0 saturated carbocycles. The monoisotopic (exact) mass is 307 g/mol. The van der Waals surface area contributed by atoms with Gasteiger partial charge in [-0.2, -0.15) is 5.10 Å². The Hall–Kier alpha value is -1.86. The Morgan fingerprint density at radius 1 is 1.38 bits per heavy atom. The molecule has 1 N–H and O–H groups in total. The lowest BCUT2D eigenvalue weighted by Gasteiger charge is -2.15. The van der Waals surface area contributed by atoms with E-state index in [-0.39, 0.29) is 6.10 Å². The van der Waals surface area contributed by atoms with E-state index in [2.05, 4.69) is 10.2 Å². The summed E-state index contributed by atoms with van der Waals surface area (Å²) < 4.78 is 18.8. The lowest BCUT2D eigenvalue weighted by Crippen LogP contribution is -2.08. The van der Waals surface area contributed by atoms with Crippen molar-refractivity contribution in [2.45, 2.75) is 18.9 Å². The second-order valence-electron chi connectivity index (χ2n) is 4.76. The number of methoxy groups -OCH3 is 2. The molecule has 0 bridgehead atoms. The first-order valence-corrected chi connectivity index (χ1v) is 7.16. The first kappa shape index (κ1) is 14.1. The molecule has 1 aliphatic heterocycles. The van der Waals surface area contributed by atoms with Crippen molar-refractivity contribution in [1.29, 1.82) is 0 Å². The maximum Gasteiger partial charge on any atom is 0.200 e. The van der Waals surface area contributed by atoms with Crippen molar-refractivity contribution < 1.29 is 14.2 Å². The fourth-order valence-corrected chi connectivity index (χ4v) is 2.75. The number of hydrogen-bond donors (Lipinski definition) is 1. The summed E-state index contributed by atoms with van der Waals surface area (Å²) in [5, 5.41) is 7.17. The van der Waals surface area contributed by atoms with Gasteiger partial charge in [0.1, 0.15) is 17.6 Å². The van der Waals surface area contributed by atoms with Crippen LogP contribution in [0.3, 0.4) is 0 Å². The zero-order chi connectivity index (χ0) is 14.8. The molecule has 7 heteroatoms. The predicted molar refractivity (Wildman–Crippen MR) is 79.8 cm³/mol. The van der Waals surface area contributed by atoms with Crippen LogP contribution in [0.2, 0.25) is 0 Å². The molecule has 0 unspecified atom stereocenters. The molecular weight excluding hydrogens is 290 g/mol. The average Bonchev–Trinajstić information content (AvgIpc) is 3.15. The number of H-pyrrole nitrogens is 1. The summed E-state index contributed by atoms with van der Waals surface area (Å²) in [7, 11) is 3.25. The number of hydrogen-bond acceptors (Lipinski definition) is 5. The molecule has 1 aromatic heterocycles. The Labute approximate surface area is 127 Å². The fourth-order valence-electron chi connectivity index (χ4n) is 2.51. The van der Waals surface area contributed by atoms with Crippen molar-refractivity contribution in [3.8, 4) is 17.2 Å². The van der Waals surface area contributed by atoms with Crippen molar-refractivity contribution >= 4 is 12.2 Å². The zero-order valence-electron chi connectivity index (χ0n) is 12.0. The molecule has 1 saturated heterocycles. The second-order valence-corrected chi connectivity index (χ2v) is 5.15. The van der Waals surface area contributed by atoms with Gasteiger partial charge in [-0.3, -0.25) is 9.67 Å². The molecule has 0 spiro atoms. The lowest BCUT2D eigenvalue weighted by atomic mass is 10.2. The van der Waals surface area contributed by atoms with Gasteiger partial charge in [0.25, 0.3) is 0 Å². The van der Waals surface area contributed by atoms with Crippen LogP contribution in [0.25, 0.3) is 5.69 Å². The van der Waals surface area contributed by atoms with Gasteiger partial charge in [-0.25, -0.2) is 0 Å². The molecule has 0 aliphatic carbocycles. The number of aromatic nitrogens is 3.